The smallest absolute Gasteiger partial charge is 0.104 e. The first-order valence-corrected chi connectivity index (χ1v) is 4.48. The van der Waals surface area contributed by atoms with E-state index in [1.54, 1.807) is 0 Å². The van der Waals surface area contributed by atoms with Crippen molar-refractivity contribution in [3.63, 3.8) is 0 Å². The average Bonchev–Trinajstić information content (AvgIpc) is 2.31. The molecule has 1 aromatic heterocycles. The van der Waals surface area contributed by atoms with Gasteiger partial charge in [-0.3, -0.25) is 0 Å². The lowest BCUT2D eigenvalue weighted by molar-refractivity contribution is 0.982. The molecule has 2 N–H and O–H groups in total. The van der Waals surface area contributed by atoms with Crippen molar-refractivity contribution in [2.24, 2.45) is 7.05 Å². The zero-order chi connectivity index (χ0) is 8.72. The molecule has 0 saturated carbocycles. The molecule has 0 unspecified atom stereocenters. The highest BCUT2D eigenvalue weighted by molar-refractivity contribution is 9.10. The molecule has 2 rings (SSSR count). The lowest BCUT2D eigenvalue weighted by atomic mass is 10.2. The summed E-state index contributed by atoms with van der Waals surface area (Å²) in [5.74, 6) is 0.795. The van der Waals surface area contributed by atoms with Crippen LogP contribution in [0.2, 0.25) is 0 Å². The third-order valence-corrected chi connectivity index (χ3v) is 2.54. The molecule has 0 radical (unpaired) electrons. The second-order valence-corrected chi connectivity index (χ2v) is 3.75. The summed E-state index contributed by atoms with van der Waals surface area (Å²) in [4.78, 5) is 0. The third kappa shape index (κ3) is 1.67. The molecule has 1 heterocycles. The molecule has 0 aliphatic carbocycles. The van der Waals surface area contributed by atoms with Gasteiger partial charge in [0.2, 0.25) is 0 Å². The Bertz CT molecular complexity index is 436. The predicted octanol–water partition coefficient (Wildman–Crippen LogP) is 2.94. The molecule has 1 aromatic carbocycles. The minimum atomic E-state index is 0. The Morgan fingerprint density at radius 3 is 2.69 bits per heavy atom. The number of hydrogen-bond acceptors (Lipinski definition) is 1. The topological polar surface area (TPSA) is 30.9 Å². The Morgan fingerprint density at radius 2 is 2.00 bits per heavy atom. The normalized spacial score (nSPS) is 10.0. The summed E-state index contributed by atoms with van der Waals surface area (Å²) in [5, 5.41) is 1.18. The number of anilines is 1. The number of nitrogens with two attached hydrogens (primary N) is 1. The van der Waals surface area contributed by atoms with Gasteiger partial charge >= 0.3 is 0 Å². The lowest BCUT2D eigenvalue weighted by Gasteiger charge is -1.97. The molecule has 0 saturated heterocycles. The van der Waals surface area contributed by atoms with E-state index in [0.29, 0.717) is 0 Å². The summed E-state index contributed by atoms with van der Waals surface area (Å²) in [6.45, 7) is 0. The van der Waals surface area contributed by atoms with Gasteiger partial charge in [-0.25, -0.2) is 0 Å². The van der Waals surface area contributed by atoms with Crippen molar-refractivity contribution in [1.82, 2.24) is 4.57 Å². The first-order valence-electron chi connectivity index (χ1n) is 3.69. The lowest BCUT2D eigenvalue weighted by Crippen LogP contribution is -1.94. The number of aryl methyl sites for hydroxylation is 1. The Morgan fingerprint density at radius 1 is 1.31 bits per heavy atom. The van der Waals surface area contributed by atoms with Crippen LogP contribution in [0.15, 0.2) is 28.7 Å². The van der Waals surface area contributed by atoms with Crippen LogP contribution < -0.4 is 5.73 Å². The van der Waals surface area contributed by atoms with E-state index in [4.69, 9.17) is 5.73 Å². The van der Waals surface area contributed by atoms with E-state index >= 15 is 0 Å². The van der Waals surface area contributed by atoms with Gasteiger partial charge in [0.15, 0.2) is 0 Å². The van der Waals surface area contributed by atoms with Crippen LogP contribution in [0.5, 0.6) is 0 Å². The van der Waals surface area contributed by atoms with Crippen LogP contribution in [0.25, 0.3) is 10.9 Å². The molecule has 0 aliphatic rings. The summed E-state index contributed by atoms with van der Waals surface area (Å²) < 4.78 is 3.05. The number of hydrogen-bond donors (Lipinski definition) is 1. The zero-order valence-electron chi connectivity index (χ0n) is 7.12. The molecule has 0 atom stereocenters. The molecule has 13 heavy (non-hydrogen) atoms. The summed E-state index contributed by atoms with van der Waals surface area (Å²) >= 11 is 3.42. The van der Waals surface area contributed by atoms with E-state index in [1.165, 1.54) is 5.39 Å². The van der Waals surface area contributed by atoms with Crippen molar-refractivity contribution in [1.29, 1.82) is 0 Å². The molecule has 2 aromatic rings. The van der Waals surface area contributed by atoms with Crippen LogP contribution in [0, 0.1) is 0 Å². The first kappa shape index (κ1) is 10.4. The van der Waals surface area contributed by atoms with Crippen LogP contribution in [0.4, 0.5) is 5.82 Å². The van der Waals surface area contributed by atoms with Crippen molar-refractivity contribution in [2.75, 3.05) is 5.73 Å². The van der Waals surface area contributed by atoms with Gasteiger partial charge < -0.3 is 10.3 Å². The van der Waals surface area contributed by atoms with Crippen molar-refractivity contribution < 1.29 is 0 Å². The highest BCUT2D eigenvalue weighted by Gasteiger charge is 2.01. The maximum atomic E-state index is 5.75. The fourth-order valence-corrected chi connectivity index (χ4v) is 1.67. The molecular formula is C9H10BrClN2. The van der Waals surface area contributed by atoms with Crippen molar-refractivity contribution in [2.45, 2.75) is 0 Å². The van der Waals surface area contributed by atoms with E-state index in [-0.39, 0.29) is 12.4 Å². The average molecular weight is 262 g/mol. The molecule has 0 fully saturated rings. The monoisotopic (exact) mass is 260 g/mol. The van der Waals surface area contributed by atoms with Crippen LogP contribution in [-0.2, 0) is 7.05 Å². The third-order valence-electron chi connectivity index (χ3n) is 2.04. The maximum absolute atomic E-state index is 5.75. The van der Waals surface area contributed by atoms with Crippen LogP contribution in [0.1, 0.15) is 0 Å². The minimum Gasteiger partial charge on any atom is -0.385 e. The summed E-state index contributed by atoms with van der Waals surface area (Å²) in [7, 11) is 1.96. The van der Waals surface area contributed by atoms with Gasteiger partial charge in [-0.15, -0.1) is 12.4 Å². The van der Waals surface area contributed by atoms with Gasteiger partial charge in [0.25, 0.3) is 0 Å². The highest BCUT2D eigenvalue weighted by atomic mass is 79.9. The van der Waals surface area contributed by atoms with E-state index in [2.05, 4.69) is 28.1 Å². The predicted molar refractivity (Wildman–Crippen MR) is 62.3 cm³/mol. The van der Waals surface area contributed by atoms with E-state index in [1.807, 2.05) is 23.7 Å². The van der Waals surface area contributed by atoms with Crippen molar-refractivity contribution >= 4 is 45.1 Å². The number of halogens is 2. The number of rotatable bonds is 0. The van der Waals surface area contributed by atoms with E-state index in [0.717, 1.165) is 15.8 Å². The quantitative estimate of drug-likeness (QED) is 0.777. The molecule has 0 spiro atoms. The second-order valence-electron chi connectivity index (χ2n) is 2.83. The van der Waals surface area contributed by atoms with E-state index in [9.17, 15) is 0 Å². The molecule has 0 aliphatic heterocycles. The van der Waals surface area contributed by atoms with Crippen LogP contribution in [0.3, 0.4) is 0 Å². The Balaban J connectivity index is 0.000000845. The summed E-state index contributed by atoms with van der Waals surface area (Å²) in [5.41, 5.74) is 6.90. The number of aromatic nitrogens is 1. The largest absolute Gasteiger partial charge is 0.385 e. The van der Waals surface area contributed by atoms with Gasteiger partial charge in [0, 0.05) is 16.9 Å². The van der Waals surface area contributed by atoms with Crippen LogP contribution >= 0.6 is 28.3 Å². The number of nitrogen functional groups attached to an aromatic ring is 1. The van der Waals surface area contributed by atoms with Gasteiger partial charge in [-0.1, -0.05) is 22.0 Å². The summed E-state index contributed by atoms with van der Waals surface area (Å²) in [6, 6.07) is 8.10. The van der Waals surface area contributed by atoms with Crippen molar-refractivity contribution in [3.05, 3.63) is 28.7 Å². The molecule has 0 amide bonds. The maximum Gasteiger partial charge on any atom is 0.104 e. The highest BCUT2D eigenvalue weighted by Crippen LogP contribution is 2.23. The molecular weight excluding hydrogens is 251 g/mol. The number of benzene rings is 1. The SMILES string of the molecule is Cl.Cn1c(N)cc2ccc(Br)cc21. The molecule has 4 heteroatoms. The Labute approximate surface area is 91.3 Å². The first-order chi connectivity index (χ1) is 5.68. The zero-order valence-corrected chi connectivity index (χ0v) is 9.52. The van der Waals surface area contributed by atoms with Gasteiger partial charge in [0.05, 0.1) is 5.52 Å². The molecule has 0 bridgehead atoms. The Kier molecular flexibility index (Phi) is 2.88. The Hall–Kier alpha value is -0.670. The summed E-state index contributed by atoms with van der Waals surface area (Å²) in [6.07, 6.45) is 0. The fourth-order valence-electron chi connectivity index (χ4n) is 1.32. The molecule has 2 nitrogen and oxygen atoms in total. The van der Waals surface area contributed by atoms with Gasteiger partial charge in [0.1, 0.15) is 5.82 Å². The standard InChI is InChI=1S/C9H9BrN2.ClH/c1-12-8-5-7(10)3-2-6(8)4-9(12)11;/h2-5H,11H2,1H3;1H. The number of fused-ring (bicyclic) bond motifs is 1. The fraction of sp³-hybridized carbons (Fsp3) is 0.111. The van der Waals surface area contributed by atoms with Gasteiger partial charge in [-0.05, 0) is 18.2 Å². The number of nitrogens with zero attached hydrogens (tertiary/aromatic N) is 1. The minimum absolute atomic E-state index is 0. The molecule has 70 valence electrons. The van der Waals surface area contributed by atoms with E-state index < -0.39 is 0 Å². The van der Waals surface area contributed by atoms with Crippen LogP contribution in [-0.4, -0.2) is 4.57 Å². The van der Waals surface area contributed by atoms with Crippen molar-refractivity contribution in [3.8, 4) is 0 Å². The second kappa shape index (κ2) is 3.60. The van der Waals surface area contributed by atoms with Gasteiger partial charge in [-0.2, -0.15) is 0 Å².